The fraction of sp³-hybridized carbons (Fsp3) is 0.111. The zero-order chi connectivity index (χ0) is 16.6. The first-order valence-corrected chi connectivity index (χ1v) is 7.47. The number of pyridine rings is 1. The van der Waals surface area contributed by atoms with Gasteiger partial charge in [-0.25, -0.2) is 4.39 Å². The summed E-state index contributed by atoms with van der Waals surface area (Å²) in [6.45, 7) is 3.75. The Morgan fingerprint density at radius 2 is 1.83 bits per heavy atom. The third kappa shape index (κ3) is 3.03. The zero-order valence-electron chi connectivity index (χ0n) is 12.7. The quantitative estimate of drug-likeness (QED) is 0.727. The molecule has 1 heterocycles. The fourth-order valence-electron chi connectivity index (χ4n) is 2.43. The minimum Gasteiger partial charge on any atom is -0.321 e. The van der Waals surface area contributed by atoms with Crippen molar-refractivity contribution in [3.05, 3.63) is 70.1 Å². The maximum atomic E-state index is 13.0. The lowest BCUT2D eigenvalue weighted by molar-refractivity contribution is 0.102. The maximum absolute atomic E-state index is 13.0. The Labute approximate surface area is 138 Å². The number of hydrogen-bond donors (Lipinski definition) is 1. The van der Waals surface area contributed by atoms with E-state index in [-0.39, 0.29) is 11.7 Å². The van der Waals surface area contributed by atoms with Crippen LogP contribution in [0.4, 0.5) is 10.1 Å². The van der Waals surface area contributed by atoms with E-state index in [9.17, 15) is 9.18 Å². The van der Waals surface area contributed by atoms with Crippen LogP contribution in [0.2, 0.25) is 5.02 Å². The summed E-state index contributed by atoms with van der Waals surface area (Å²) < 4.78 is 13.0. The highest BCUT2D eigenvalue weighted by Crippen LogP contribution is 2.30. The molecule has 0 fully saturated rings. The molecule has 0 aliphatic rings. The van der Waals surface area contributed by atoms with E-state index >= 15 is 0 Å². The predicted molar refractivity (Wildman–Crippen MR) is 90.6 cm³/mol. The lowest BCUT2D eigenvalue weighted by atomic mass is 10.1. The monoisotopic (exact) mass is 328 g/mol. The van der Waals surface area contributed by atoms with Gasteiger partial charge in [0.15, 0.2) is 0 Å². The molecule has 1 aromatic heterocycles. The number of hydrogen-bond acceptors (Lipinski definition) is 2. The molecule has 0 bridgehead atoms. The van der Waals surface area contributed by atoms with Crippen molar-refractivity contribution in [2.75, 3.05) is 5.32 Å². The van der Waals surface area contributed by atoms with Gasteiger partial charge in [-0.3, -0.25) is 9.78 Å². The predicted octanol–water partition coefficient (Wildman–Crippen LogP) is 4.90. The van der Waals surface area contributed by atoms with Crippen molar-refractivity contribution >= 4 is 34.1 Å². The van der Waals surface area contributed by atoms with Crippen LogP contribution < -0.4 is 5.32 Å². The number of aryl methyl sites for hydroxylation is 2. The maximum Gasteiger partial charge on any atom is 0.255 e. The van der Waals surface area contributed by atoms with E-state index in [0.29, 0.717) is 16.3 Å². The second kappa shape index (κ2) is 5.97. The van der Waals surface area contributed by atoms with Crippen LogP contribution in [0.15, 0.2) is 42.5 Å². The van der Waals surface area contributed by atoms with E-state index < -0.39 is 0 Å². The van der Waals surface area contributed by atoms with Crippen LogP contribution >= 0.6 is 11.6 Å². The summed E-state index contributed by atoms with van der Waals surface area (Å²) >= 11 is 6.15. The summed E-state index contributed by atoms with van der Waals surface area (Å²) in [7, 11) is 0. The Kier molecular flexibility index (Phi) is 4.01. The lowest BCUT2D eigenvalue weighted by Crippen LogP contribution is -2.12. The Bertz CT molecular complexity index is 907. The van der Waals surface area contributed by atoms with Crippen molar-refractivity contribution in [2.45, 2.75) is 13.8 Å². The van der Waals surface area contributed by atoms with Crippen LogP contribution in [0, 0.1) is 19.7 Å². The van der Waals surface area contributed by atoms with Gasteiger partial charge in [0.25, 0.3) is 5.91 Å². The molecule has 0 atom stereocenters. The molecule has 3 nitrogen and oxygen atoms in total. The molecule has 0 aliphatic carbocycles. The van der Waals surface area contributed by atoms with E-state index in [1.807, 2.05) is 19.9 Å². The van der Waals surface area contributed by atoms with Gasteiger partial charge >= 0.3 is 0 Å². The van der Waals surface area contributed by atoms with Crippen LogP contribution in [0.25, 0.3) is 10.9 Å². The van der Waals surface area contributed by atoms with E-state index in [4.69, 9.17) is 11.6 Å². The van der Waals surface area contributed by atoms with Crippen LogP contribution in [0.5, 0.6) is 0 Å². The number of amides is 1. The first-order chi connectivity index (χ1) is 11.0. The third-order valence-corrected chi connectivity index (χ3v) is 4.06. The average Bonchev–Trinajstić information content (AvgIpc) is 2.52. The van der Waals surface area contributed by atoms with E-state index in [1.54, 1.807) is 12.1 Å². The highest BCUT2D eigenvalue weighted by molar-refractivity contribution is 6.32. The first kappa shape index (κ1) is 15.4. The second-order valence-electron chi connectivity index (χ2n) is 5.34. The summed E-state index contributed by atoms with van der Waals surface area (Å²) in [5.41, 5.74) is 3.44. The van der Waals surface area contributed by atoms with Gasteiger partial charge in [0.2, 0.25) is 0 Å². The molecule has 3 rings (SSSR count). The summed E-state index contributed by atoms with van der Waals surface area (Å²) in [6, 6.07) is 10.8. The molecular weight excluding hydrogens is 315 g/mol. The average molecular weight is 329 g/mol. The molecule has 116 valence electrons. The van der Waals surface area contributed by atoms with Crippen molar-refractivity contribution in [3.63, 3.8) is 0 Å². The van der Waals surface area contributed by atoms with Gasteiger partial charge in [0.05, 0.1) is 11.2 Å². The molecule has 0 aliphatic heterocycles. The van der Waals surface area contributed by atoms with Gasteiger partial charge in [-0.1, -0.05) is 11.6 Å². The Morgan fingerprint density at radius 1 is 1.13 bits per heavy atom. The minimum absolute atomic E-state index is 0.301. The van der Waals surface area contributed by atoms with Gasteiger partial charge in [-0.2, -0.15) is 0 Å². The summed E-state index contributed by atoms with van der Waals surface area (Å²) in [6.07, 6.45) is 0. The zero-order valence-corrected chi connectivity index (χ0v) is 13.4. The summed E-state index contributed by atoms with van der Waals surface area (Å²) in [5.74, 6) is -0.679. The molecule has 3 aromatic rings. The number of carbonyl (C=O) groups excluding carboxylic acids is 1. The molecule has 1 N–H and O–H groups in total. The van der Waals surface area contributed by atoms with Crippen LogP contribution in [-0.4, -0.2) is 10.9 Å². The van der Waals surface area contributed by atoms with Crippen LogP contribution in [0.3, 0.4) is 0 Å². The number of benzene rings is 2. The second-order valence-corrected chi connectivity index (χ2v) is 5.75. The molecule has 23 heavy (non-hydrogen) atoms. The van der Waals surface area contributed by atoms with Crippen molar-refractivity contribution in [1.29, 1.82) is 0 Å². The van der Waals surface area contributed by atoms with Gasteiger partial charge in [0.1, 0.15) is 5.82 Å². The van der Waals surface area contributed by atoms with Gasteiger partial charge in [-0.15, -0.1) is 0 Å². The number of rotatable bonds is 2. The topological polar surface area (TPSA) is 42.0 Å². The largest absolute Gasteiger partial charge is 0.321 e. The van der Waals surface area contributed by atoms with Crippen molar-refractivity contribution in [1.82, 2.24) is 4.98 Å². The fourth-order valence-corrected chi connectivity index (χ4v) is 2.58. The molecule has 1 amide bonds. The molecule has 0 spiro atoms. The Hall–Kier alpha value is -2.46. The number of carbonyl (C=O) groups is 1. The Balaban J connectivity index is 2.04. The number of fused-ring (bicyclic) bond motifs is 1. The van der Waals surface area contributed by atoms with Gasteiger partial charge in [-0.05, 0) is 61.9 Å². The molecule has 0 saturated carbocycles. The molecule has 0 radical (unpaired) electrons. The van der Waals surface area contributed by atoms with Crippen molar-refractivity contribution < 1.29 is 9.18 Å². The first-order valence-electron chi connectivity index (χ1n) is 7.09. The normalized spacial score (nSPS) is 10.8. The number of nitrogens with one attached hydrogen (secondary N) is 1. The molecule has 0 unspecified atom stereocenters. The Morgan fingerprint density at radius 3 is 2.52 bits per heavy atom. The van der Waals surface area contributed by atoms with Crippen molar-refractivity contribution in [3.8, 4) is 0 Å². The highest BCUT2D eigenvalue weighted by atomic mass is 35.5. The van der Waals surface area contributed by atoms with E-state index in [2.05, 4.69) is 10.3 Å². The summed E-state index contributed by atoms with van der Waals surface area (Å²) in [4.78, 5) is 16.9. The van der Waals surface area contributed by atoms with Gasteiger partial charge < -0.3 is 5.32 Å². The lowest BCUT2D eigenvalue weighted by Gasteiger charge is -2.12. The standard InChI is InChI=1S/C18H14ClFN2O/c1-10-9-16(14-7-8-15(19)11(2)17(14)21-10)22-18(23)12-3-5-13(20)6-4-12/h3-9H,1-2H3,(H,21,22,23). The molecule has 0 saturated heterocycles. The molecular formula is C18H14ClFN2O. The van der Waals surface area contributed by atoms with Crippen LogP contribution in [0.1, 0.15) is 21.6 Å². The smallest absolute Gasteiger partial charge is 0.255 e. The van der Waals surface area contributed by atoms with Gasteiger partial charge in [0, 0.05) is 21.7 Å². The molecule has 5 heteroatoms. The summed E-state index contributed by atoms with van der Waals surface area (Å²) in [5, 5.41) is 4.31. The third-order valence-electron chi connectivity index (χ3n) is 3.65. The highest BCUT2D eigenvalue weighted by Gasteiger charge is 2.12. The van der Waals surface area contributed by atoms with Crippen molar-refractivity contribution in [2.24, 2.45) is 0 Å². The number of nitrogens with zero attached hydrogens (tertiary/aromatic N) is 1. The SMILES string of the molecule is Cc1cc(NC(=O)c2ccc(F)cc2)c2ccc(Cl)c(C)c2n1. The number of aromatic nitrogens is 1. The molecule has 2 aromatic carbocycles. The van der Waals surface area contributed by atoms with E-state index in [1.165, 1.54) is 24.3 Å². The van der Waals surface area contributed by atoms with Crippen LogP contribution in [-0.2, 0) is 0 Å². The van der Waals surface area contributed by atoms with E-state index in [0.717, 1.165) is 22.2 Å². The number of halogens is 2. The minimum atomic E-state index is -0.378. The number of anilines is 1.